The van der Waals surface area contributed by atoms with Crippen molar-refractivity contribution in [2.75, 3.05) is 19.7 Å². The topological polar surface area (TPSA) is 88.1 Å². The molecule has 0 spiro atoms. The SMILES string of the molecule is CC(C)(C)OC(=O)NCC(=O)N1C[C@@H](F)[C@H]2OC[C@H](O)[C@H]21. The van der Waals surface area contributed by atoms with E-state index in [1.54, 1.807) is 20.8 Å². The first-order chi connectivity index (χ1) is 9.69. The second-order valence-electron chi connectivity index (χ2n) is 6.27. The highest BCUT2D eigenvalue weighted by atomic mass is 19.1. The van der Waals surface area contributed by atoms with Crippen LogP contribution in [0.4, 0.5) is 9.18 Å². The van der Waals surface area contributed by atoms with Crippen LogP contribution in [-0.2, 0) is 14.3 Å². The van der Waals surface area contributed by atoms with Gasteiger partial charge in [-0.15, -0.1) is 0 Å². The molecule has 0 aromatic carbocycles. The zero-order valence-corrected chi connectivity index (χ0v) is 12.3. The number of hydrogen-bond acceptors (Lipinski definition) is 5. The minimum Gasteiger partial charge on any atom is -0.444 e. The van der Waals surface area contributed by atoms with Crippen molar-refractivity contribution in [1.82, 2.24) is 10.2 Å². The van der Waals surface area contributed by atoms with Gasteiger partial charge in [-0.25, -0.2) is 9.18 Å². The standard InChI is InChI=1S/C13H21FN2O5/c1-13(2,3)21-12(19)15-4-9(18)16-5-7(14)11-10(16)8(17)6-20-11/h7-8,10-11,17H,4-6H2,1-3H3,(H,15,19)/t7-,8+,10-,11-/m1/s1. The minimum absolute atomic E-state index is 0.0129. The average Bonchev–Trinajstić information content (AvgIpc) is 2.87. The highest BCUT2D eigenvalue weighted by Gasteiger charge is 2.52. The molecule has 2 rings (SSSR count). The fourth-order valence-electron chi connectivity index (χ4n) is 2.57. The summed E-state index contributed by atoms with van der Waals surface area (Å²) in [4.78, 5) is 24.8. The van der Waals surface area contributed by atoms with E-state index in [0.29, 0.717) is 0 Å². The van der Waals surface area contributed by atoms with Crippen molar-refractivity contribution in [3.63, 3.8) is 0 Å². The largest absolute Gasteiger partial charge is 0.444 e. The maximum Gasteiger partial charge on any atom is 0.408 e. The highest BCUT2D eigenvalue weighted by molar-refractivity contribution is 5.83. The fraction of sp³-hybridized carbons (Fsp3) is 0.846. The quantitative estimate of drug-likeness (QED) is 0.739. The number of fused-ring (bicyclic) bond motifs is 1. The van der Waals surface area contributed by atoms with E-state index in [-0.39, 0.29) is 19.7 Å². The van der Waals surface area contributed by atoms with Crippen LogP contribution < -0.4 is 5.32 Å². The molecule has 0 saturated carbocycles. The lowest BCUT2D eigenvalue weighted by Crippen LogP contribution is -2.48. The van der Waals surface area contributed by atoms with Crippen LogP contribution in [0.25, 0.3) is 0 Å². The Bertz CT molecular complexity index is 425. The molecule has 2 fully saturated rings. The Morgan fingerprint density at radius 3 is 2.76 bits per heavy atom. The predicted molar refractivity (Wildman–Crippen MR) is 70.4 cm³/mol. The van der Waals surface area contributed by atoms with E-state index in [0.717, 1.165) is 0 Å². The van der Waals surface area contributed by atoms with Crippen molar-refractivity contribution in [1.29, 1.82) is 0 Å². The number of likely N-dealkylation sites (tertiary alicyclic amines) is 1. The zero-order valence-electron chi connectivity index (χ0n) is 12.3. The number of hydrogen-bond donors (Lipinski definition) is 2. The van der Waals surface area contributed by atoms with Gasteiger partial charge in [0.25, 0.3) is 0 Å². The van der Waals surface area contributed by atoms with Crippen LogP contribution in [-0.4, -0.2) is 71.7 Å². The fourth-order valence-corrected chi connectivity index (χ4v) is 2.57. The molecule has 8 heteroatoms. The van der Waals surface area contributed by atoms with Gasteiger partial charge in [-0.3, -0.25) is 4.79 Å². The summed E-state index contributed by atoms with van der Waals surface area (Å²) in [6.07, 6.45) is -3.73. The van der Waals surface area contributed by atoms with Gasteiger partial charge in [-0.1, -0.05) is 0 Å². The monoisotopic (exact) mass is 304 g/mol. The lowest BCUT2D eigenvalue weighted by atomic mass is 10.1. The Morgan fingerprint density at radius 2 is 2.14 bits per heavy atom. The number of carbonyl (C=O) groups is 2. The number of ether oxygens (including phenoxy) is 2. The van der Waals surface area contributed by atoms with Gasteiger partial charge in [-0.05, 0) is 20.8 Å². The van der Waals surface area contributed by atoms with Crippen molar-refractivity contribution in [3.8, 4) is 0 Å². The number of amides is 2. The Balaban J connectivity index is 1.88. The average molecular weight is 304 g/mol. The van der Waals surface area contributed by atoms with Crippen LogP contribution in [0.2, 0.25) is 0 Å². The molecule has 2 amide bonds. The van der Waals surface area contributed by atoms with E-state index in [9.17, 15) is 19.1 Å². The Labute approximate surface area is 122 Å². The summed E-state index contributed by atoms with van der Waals surface area (Å²) in [5.41, 5.74) is -0.661. The molecular weight excluding hydrogens is 283 g/mol. The molecule has 0 unspecified atom stereocenters. The molecule has 2 N–H and O–H groups in total. The third-order valence-corrected chi connectivity index (χ3v) is 3.38. The third kappa shape index (κ3) is 3.62. The third-order valence-electron chi connectivity index (χ3n) is 3.38. The van der Waals surface area contributed by atoms with Gasteiger partial charge in [0.15, 0.2) is 0 Å². The number of nitrogens with zero attached hydrogens (tertiary/aromatic N) is 1. The van der Waals surface area contributed by atoms with Crippen molar-refractivity contribution in [2.45, 2.75) is 50.8 Å². The van der Waals surface area contributed by atoms with Crippen LogP contribution in [0, 0.1) is 0 Å². The van der Waals surface area contributed by atoms with E-state index in [4.69, 9.17) is 9.47 Å². The van der Waals surface area contributed by atoms with E-state index >= 15 is 0 Å². The normalized spacial score (nSPS) is 32.0. The summed E-state index contributed by atoms with van der Waals surface area (Å²) >= 11 is 0. The second kappa shape index (κ2) is 5.76. The summed E-state index contributed by atoms with van der Waals surface area (Å²) < 4.78 is 23.9. The molecule has 2 aliphatic rings. The van der Waals surface area contributed by atoms with Gasteiger partial charge in [0.1, 0.15) is 30.5 Å². The van der Waals surface area contributed by atoms with Crippen molar-refractivity contribution < 1.29 is 28.6 Å². The first-order valence-electron chi connectivity index (χ1n) is 6.89. The number of halogens is 1. The van der Waals surface area contributed by atoms with E-state index in [1.807, 2.05) is 0 Å². The maximum atomic E-state index is 13.7. The molecule has 0 aromatic heterocycles. The first kappa shape index (κ1) is 16.0. The van der Waals surface area contributed by atoms with Crippen LogP contribution in [0.15, 0.2) is 0 Å². The van der Waals surface area contributed by atoms with Gasteiger partial charge < -0.3 is 24.8 Å². The molecule has 7 nitrogen and oxygen atoms in total. The Kier molecular flexibility index (Phi) is 4.38. The van der Waals surface area contributed by atoms with E-state index in [1.165, 1.54) is 4.90 Å². The summed E-state index contributed by atoms with van der Waals surface area (Å²) in [6.45, 7) is 4.69. The van der Waals surface area contributed by atoms with Crippen LogP contribution >= 0.6 is 0 Å². The Hall–Kier alpha value is -1.41. The second-order valence-corrected chi connectivity index (χ2v) is 6.27. The van der Waals surface area contributed by atoms with Crippen LogP contribution in [0.1, 0.15) is 20.8 Å². The van der Waals surface area contributed by atoms with E-state index < -0.39 is 42.0 Å². The zero-order chi connectivity index (χ0) is 15.8. The number of aliphatic hydroxyl groups is 1. The molecule has 0 bridgehead atoms. The number of alkyl halides is 1. The Morgan fingerprint density at radius 1 is 1.48 bits per heavy atom. The minimum atomic E-state index is -1.32. The van der Waals surface area contributed by atoms with Crippen molar-refractivity contribution >= 4 is 12.0 Å². The molecule has 2 aliphatic heterocycles. The molecule has 0 aromatic rings. The molecule has 120 valence electrons. The molecule has 2 saturated heterocycles. The maximum absolute atomic E-state index is 13.7. The molecule has 0 aliphatic carbocycles. The number of alkyl carbamates (subject to hydrolysis) is 1. The lowest BCUT2D eigenvalue weighted by molar-refractivity contribution is -0.132. The summed E-state index contributed by atoms with van der Waals surface area (Å²) in [5.74, 6) is -0.472. The first-order valence-corrected chi connectivity index (χ1v) is 6.89. The number of carbonyl (C=O) groups excluding carboxylic acids is 2. The molecule has 0 radical (unpaired) electrons. The van der Waals surface area contributed by atoms with Gasteiger partial charge >= 0.3 is 6.09 Å². The van der Waals surface area contributed by atoms with Gasteiger partial charge in [0.05, 0.1) is 19.2 Å². The number of rotatable bonds is 2. The molecule has 21 heavy (non-hydrogen) atoms. The van der Waals surface area contributed by atoms with Crippen molar-refractivity contribution in [3.05, 3.63) is 0 Å². The van der Waals surface area contributed by atoms with Gasteiger partial charge in [0, 0.05) is 0 Å². The molecule has 2 heterocycles. The van der Waals surface area contributed by atoms with Crippen LogP contribution in [0.5, 0.6) is 0 Å². The smallest absolute Gasteiger partial charge is 0.408 e. The van der Waals surface area contributed by atoms with Gasteiger partial charge in [0.2, 0.25) is 5.91 Å². The van der Waals surface area contributed by atoms with Crippen molar-refractivity contribution in [2.24, 2.45) is 0 Å². The predicted octanol–water partition coefficient (Wildman–Crippen LogP) is -0.180. The number of nitrogens with one attached hydrogen (secondary N) is 1. The number of aliphatic hydroxyl groups excluding tert-OH is 1. The molecular formula is C13H21FN2O5. The van der Waals surface area contributed by atoms with Gasteiger partial charge in [-0.2, -0.15) is 0 Å². The molecule has 4 atom stereocenters. The summed E-state index contributed by atoms with van der Waals surface area (Å²) in [6, 6.07) is -0.687. The lowest BCUT2D eigenvalue weighted by Gasteiger charge is -2.25. The summed E-state index contributed by atoms with van der Waals surface area (Å²) in [7, 11) is 0. The van der Waals surface area contributed by atoms with E-state index in [2.05, 4.69) is 5.32 Å². The van der Waals surface area contributed by atoms with Crippen LogP contribution in [0.3, 0.4) is 0 Å². The summed E-state index contributed by atoms with van der Waals surface area (Å²) in [5, 5.41) is 12.1. The highest BCUT2D eigenvalue weighted by Crippen LogP contribution is 2.31.